The predicted octanol–water partition coefficient (Wildman–Crippen LogP) is 1.14. The Morgan fingerprint density at radius 3 is 2.42 bits per heavy atom. The molecule has 0 aliphatic heterocycles. The van der Waals surface area contributed by atoms with E-state index in [0.717, 1.165) is 4.31 Å². The molecule has 1 heterocycles. The van der Waals surface area contributed by atoms with Gasteiger partial charge in [0, 0.05) is 19.2 Å². The largest absolute Gasteiger partial charge is 0.334 e. The number of aromatic amines is 1. The van der Waals surface area contributed by atoms with Crippen molar-refractivity contribution in [1.29, 1.82) is 0 Å². The Morgan fingerprint density at radius 1 is 1.32 bits per heavy atom. The number of aromatic nitrogens is 2. The minimum atomic E-state index is -3.74. The summed E-state index contributed by atoms with van der Waals surface area (Å²) in [6.07, 6.45) is 2.45. The van der Waals surface area contributed by atoms with Crippen LogP contribution >= 0.6 is 0 Å². The van der Waals surface area contributed by atoms with E-state index in [2.05, 4.69) is 9.97 Å². The Morgan fingerprint density at radius 2 is 1.95 bits per heavy atom. The van der Waals surface area contributed by atoms with E-state index in [1.165, 1.54) is 43.8 Å². The first-order valence-corrected chi connectivity index (χ1v) is 6.58. The number of H-pyrrole nitrogens is 1. The van der Waals surface area contributed by atoms with Gasteiger partial charge in [-0.2, -0.15) is 8.42 Å². The summed E-state index contributed by atoms with van der Waals surface area (Å²) in [7, 11) is -2.38. The van der Waals surface area contributed by atoms with Crippen LogP contribution in [0.2, 0.25) is 0 Å². The molecule has 0 unspecified atom stereocenters. The highest BCUT2D eigenvalue weighted by Crippen LogP contribution is 2.22. The van der Waals surface area contributed by atoms with Crippen LogP contribution in [0.5, 0.6) is 0 Å². The lowest BCUT2D eigenvalue weighted by atomic mass is 10.3. The average Bonchev–Trinajstić information content (AvgIpc) is 2.92. The number of anilines is 1. The van der Waals surface area contributed by atoms with Gasteiger partial charge in [0.1, 0.15) is 0 Å². The van der Waals surface area contributed by atoms with Crippen LogP contribution in [0, 0.1) is 10.1 Å². The predicted molar refractivity (Wildman–Crippen MR) is 67.3 cm³/mol. The highest BCUT2D eigenvalue weighted by atomic mass is 32.2. The maximum atomic E-state index is 12.1. The number of hydrogen-bond donors (Lipinski definition) is 1. The number of sulfonamides is 1. The van der Waals surface area contributed by atoms with Gasteiger partial charge in [-0.15, -0.1) is 0 Å². The zero-order valence-corrected chi connectivity index (χ0v) is 10.7. The van der Waals surface area contributed by atoms with Gasteiger partial charge in [0.2, 0.25) is 0 Å². The molecule has 0 amide bonds. The van der Waals surface area contributed by atoms with Crippen molar-refractivity contribution in [3.8, 4) is 0 Å². The molecule has 0 atom stereocenters. The summed E-state index contributed by atoms with van der Waals surface area (Å²) < 4.78 is 25.3. The molecule has 2 rings (SSSR count). The van der Waals surface area contributed by atoms with Crippen LogP contribution in [-0.4, -0.2) is 30.4 Å². The average molecular weight is 282 g/mol. The molecule has 0 fully saturated rings. The third-order valence-corrected chi connectivity index (χ3v) is 4.25. The summed E-state index contributed by atoms with van der Waals surface area (Å²) in [6, 6.07) is 5.22. The molecule has 0 saturated heterocycles. The van der Waals surface area contributed by atoms with Crippen molar-refractivity contribution in [2.24, 2.45) is 0 Å². The van der Waals surface area contributed by atoms with Gasteiger partial charge >= 0.3 is 0 Å². The molecule has 0 saturated carbocycles. The molecular formula is C10H10N4O4S. The minimum Gasteiger partial charge on any atom is -0.334 e. The van der Waals surface area contributed by atoms with Gasteiger partial charge in [-0.3, -0.25) is 14.4 Å². The number of nitrogens with zero attached hydrogens (tertiary/aromatic N) is 3. The Labute approximate surface area is 108 Å². The molecule has 9 heteroatoms. The van der Waals surface area contributed by atoms with Crippen molar-refractivity contribution in [3.63, 3.8) is 0 Å². The summed E-state index contributed by atoms with van der Waals surface area (Å²) in [5.74, 6) is 0. The minimum absolute atomic E-state index is 0.0478. The second-order valence-electron chi connectivity index (χ2n) is 3.66. The monoisotopic (exact) mass is 282 g/mol. The van der Waals surface area contributed by atoms with E-state index in [-0.39, 0.29) is 10.7 Å². The molecule has 2 aromatic rings. The molecule has 0 spiro atoms. The number of rotatable bonds is 4. The van der Waals surface area contributed by atoms with Crippen LogP contribution in [0.1, 0.15) is 0 Å². The summed E-state index contributed by atoms with van der Waals surface area (Å²) in [4.78, 5) is 16.1. The third-order valence-electron chi connectivity index (χ3n) is 2.54. The smallest absolute Gasteiger partial charge is 0.281 e. The van der Waals surface area contributed by atoms with E-state index in [0.29, 0.717) is 5.69 Å². The molecule has 1 aromatic heterocycles. The molecule has 1 N–H and O–H groups in total. The Balaban J connectivity index is 2.34. The molecule has 19 heavy (non-hydrogen) atoms. The van der Waals surface area contributed by atoms with E-state index in [4.69, 9.17) is 0 Å². The summed E-state index contributed by atoms with van der Waals surface area (Å²) >= 11 is 0. The number of nitrogens with one attached hydrogen (secondary N) is 1. The van der Waals surface area contributed by atoms with E-state index in [1.54, 1.807) is 0 Å². The summed E-state index contributed by atoms with van der Waals surface area (Å²) in [6.45, 7) is 0. The topological polar surface area (TPSA) is 109 Å². The lowest BCUT2D eigenvalue weighted by molar-refractivity contribution is -0.384. The fourth-order valence-electron chi connectivity index (χ4n) is 1.45. The van der Waals surface area contributed by atoms with Crippen molar-refractivity contribution in [3.05, 3.63) is 46.9 Å². The number of benzene rings is 1. The summed E-state index contributed by atoms with van der Waals surface area (Å²) in [5, 5.41) is 10.5. The molecule has 100 valence electrons. The van der Waals surface area contributed by atoms with Crippen LogP contribution in [0.15, 0.2) is 41.8 Å². The van der Waals surface area contributed by atoms with Crippen molar-refractivity contribution >= 4 is 21.4 Å². The molecule has 0 radical (unpaired) electrons. The number of imidazole rings is 1. The lowest BCUT2D eigenvalue weighted by Crippen LogP contribution is -2.26. The Bertz CT molecular complexity index is 679. The highest BCUT2D eigenvalue weighted by molar-refractivity contribution is 7.92. The van der Waals surface area contributed by atoms with Gasteiger partial charge in [0.25, 0.3) is 15.7 Å². The third kappa shape index (κ3) is 2.40. The van der Waals surface area contributed by atoms with Crippen molar-refractivity contribution in [2.75, 3.05) is 11.4 Å². The lowest BCUT2D eigenvalue weighted by Gasteiger charge is -2.17. The van der Waals surface area contributed by atoms with Gasteiger partial charge in [0.05, 0.1) is 23.1 Å². The zero-order valence-electron chi connectivity index (χ0n) is 9.85. The molecular weight excluding hydrogens is 272 g/mol. The second kappa shape index (κ2) is 4.69. The number of hydrogen-bond acceptors (Lipinski definition) is 5. The van der Waals surface area contributed by atoms with Crippen LogP contribution in [0.4, 0.5) is 11.4 Å². The van der Waals surface area contributed by atoms with Crippen molar-refractivity contribution in [2.45, 2.75) is 5.03 Å². The molecule has 8 nitrogen and oxygen atoms in total. The van der Waals surface area contributed by atoms with Gasteiger partial charge in [0.15, 0.2) is 5.03 Å². The van der Waals surface area contributed by atoms with Crippen molar-refractivity contribution in [1.82, 2.24) is 9.97 Å². The number of nitro benzene ring substituents is 1. The number of nitro groups is 1. The maximum absolute atomic E-state index is 12.1. The van der Waals surface area contributed by atoms with Crippen LogP contribution in [0.25, 0.3) is 0 Å². The van der Waals surface area contributed by atoms with Gasteiger partial charge < -0.3 is 4.98 Å². The molecule has 1 aromatic carbocycles. The Kier molecular flexibility index (Phi) is 3.21. The van der Waals surface area contributed by atoms with E-state index >= 15 is 0 Å². The van der Waals surface area contributed by atoms with E-state index < -0.39 is 14.9 Å². The van der Waals surface area contributed by atoms with Gasteiger partial charge in [-0.1, -0.05) is 0 Å². The normalized spacial score (nSPS) is 11.2. The zero-order chi connectivity index (χ0) is 14.0. The van der Waals surface area contributed by atoms with Crippen LogP contribution < -0.4 is 4.31 Å². The fraction of sp³-hybridized carbons (Fsp3) is 0.100. The molecule has 0 bridgehead atoms. The van der Waals surface area contributed by atoms with Gasteiger partial charge in [-0.05, 0) is 12.1 Å². The standard InChI is InChI=1S/C10H10N4O4S/c1-13(19(17,18)10-6-11-7-12-10)8-2-4-9(5-3-8)14(15)16/h2-7H,1H3,(H,11,12). The first-order valence-electron chi connectivity index (χ1n) is 5.14. The van der Waals surface area contributed by atoms with Crippen LogP contribution in [-0.2, 0) is 10.0 Å². The number of non-ortho nitro benzene ring substituents is 1. The first-order chi connectivity index (χ1) is 8.93. The summed E-state index contributed by atoms with van der Waals surface area (Å²) in [5.41, 5.74) is 0.219. The SMILES string of the molecule is CN(c1ccc([N+](=O)[O-])cc1)S(=O)(=O)c1cnc[nH]1. The van der Waals surface area contributed by atoms with Crippen LogP contribution in [0.3, 0.4) is 0 Å². The van der Waals surface area contributed by atoms with Crippen molar-refractivity contribution < 1.29 is 13.3 Å². The fourth-order valence-corrected chi connectivity index (χ4v) is 2.54. The Hall–Kier alpha value is -2.42. The molecule has 0 aliphatic carbocycles. The van der Waals surface area contributed by atoms with Gasteiger partial charge in [-0.25, -0.2) is 4.98 Å². The maximum Gasteiger partial charge on any atom is 0.281 e. The quantitative estimate of drug-likeness (QED) is 0.668. The molecule has 0 aliphatic rings. The first kappa shape index (κ1) is 13.0. The second-order valence-corrected chi connectivity index (χ2v) is 5.60. The van der Waals surface area contributed by atoms with E-state index in [1.807, 2.05) is 0 Å². The highest BCUT2D eigenvalue weighted by Gasteiger charge is 2.22. The van der Waals surface area contributed by atoms with E-state index in [9.17, 15) is 18.5 Å².